The zero-order chi connectivity index (χ0) is 23.4. The van der Waals surface area contributed by atoms with Crippen LogP contribution in [0, 0.1) is 17.3 Å². The van der Waals surface area contributed by atoms with Crippen molar-refractivity contribution in [2.75, 3.05) is 19.6 Å². The number of aromatic nitrogens is 1. The summed E-state index contributed by atoms with van der Waals surface area (Å²) in [6.07, 6.45) is 2.96. The third-order valence-electron chi connectivity index (χ3n) is 8.87. The van der Waals surface area contributed by atoms with Crippen LogP contribution in [0.25, 0.3) is 10.9 Å². The molecule has 0 amide bonds. The van der Waals surface area contributed by atoms with Crippen LogP contribution in [-0.2, 0) is 17.4 Å². The maximum atomic E-state index is 13.3. The van der Waals surface area contributed by atoms with E-state index in [1.165, 1.54) is 6.07 Å². The minimum atomic E-state index is -4.35. The van der Waals surface area contributed by atoms with Gasteiger partial charge in [-0.3, -0.25) is 4.79 Å². The molecular formula is C26H33F3N2O2. The van der Waals surface area contributed by atoms with Crippen LogP contribution in [0.5, 0.6) is 0 Å². The lowest BCUT2D eigenvalue weighted by Crippen LogP contribution is -2.47. The van der Waals surface area contributed by atoms with Gasteiger partial charge in [0.2, 0.25) is 0 Å². The predicted octanol–water partition coefficient (Wildman–Crippen LogP) is 6.21. The fourth-order valence-corrected chi connectivity index (χ4v) is 6.90. The maximum absolute atomic E-state index is 13.3. The number of H-pyrrole nitrogens is 1. The van der Waals surface area contributed by atoms with Crippen LogP contribution in [0.15, 0.2) is 18.2 Å². The fraction of sp³-hybridized carbons (Fsp3) is 0.654. The monoisotopic (exact) mass is 462 g/mol. The molecule has 2 aromatic rings. The highest BCUT2D eigenvalue weighted by atomic mass is 19.4. The molecule has 3 aliphatic rings. The van der Waals surface area contributed by atoms with Crippen LogP contribution in [0.1, 0.15) is 74.6 Å². The Morgan fingerprint density at radius 1 is 1.24 bits per heavy atom. The van der Waals surface area contributed by atoms with Gasteiger partial charge in [0.05, 0.1) is 11.0 Å². The van der Waals surface area contributed by atoms with E-state index in [9.17, 15) is 23.1 Å². The Bertz CT molecular complexity index is 1040. The topological polar surface area (TPSA) is 56.3 Å². The Hall–Kier alpha value is -2.02. The standard InChI is InChI=1S/C26H33F3N2O2/c1-16-20-15-31(12-10-25(24(32)33)8-3-2-4-9-25)11-7-17(20)13-22-23(16)19-14-18(26(27,28)29)5-6-21(19)30-22/h5-6,14,16-17,20,30H,2-4,7-13,15H2,1H3,(H,32,33)/t16?,17-,20?/m1/s1. The first-order valence-electron chi connectivity index (χ1n) is 12.4. The largest absolute Gasteiger partial charge is 0.481 e. The summed E-state index contributed by atoms with van der Waals surface area (Å²) >= 11 is 0. The number of hydrogen-bond donors (Lipinski definition) is 2. The van der Waals surface area contributed by atoms with Gasteiger partial charge in [-0.1, -0.05) is 26.2 Å². The molecule has 5 rings (SSSR count). The summed E-state index contributed by atoms with van der Waals surface area (Å²) < 4.78 is 40.0. The van der Waals surface area contributed by atoms with Crippen LogP contribution in [-0.4, -0.2) is 40.6 Å². The molecule has 0 radical (unpaired) electrons. The van der Waals surface area contributed by atoms with Crippen LogP contribution < -0.4 is 0 Å². The zero-order valence-electron chi connectivity index (χ0n) is 19.2. The van der Waals surface area contributed by atoms with Crippen molar-refractivity contribution in [1.82, 2.24) is 9.88 Å². The molecule has 180 valence electrons. The number of nitrogens with zero attached hydrogens (tertiary/aromatic N) is 1. The molecule has 2 fully saturated rings. The van der Waals surface area contributed by atoms with Gasteiger partial charge in [0.1, 0.15) is 0 Å². The van der Waals surface area contributed by atoms with Gasteiger partial charge in [0, 0.05) is 23.1 Å². The molecule has 1 aromatic heterocycles. The van der Waals surface area contributed by atoms with Gasteiger partial charge in [0.15, 0.2) is 0 Å². The van der Waals surface area contributed by atoms with Gasteiger partial charge < -0.3 is 15.0 Å². The molecule has 1 aromatic carbocycles. The lowest BCUT2D eigenvalue weighted by molar-refractivity contribution is -0.152. The fourth-order valence-electron chi connectivity index (χ4n) is 6.90. The maximum Gasteiger partial charge on any atom is 0.416 e. The van der Waals surface area contributed by atoms with Gasteiger partial charge in [-0.2, -0.15) is 13.2 Å². The summed E-state index contributed by atoms with van der Waals surface area (Å²) in [6.45, 7) is 4.82. The first-order valence-corrected chi connectivity index (χ1v) is 12.4. The van der Waals surface area contributed by atoms with E-state index < -0.39 is 23.1 Å². The van der Waals surface area contributed by atoms with Gasteiger partial charge >= 0.3 is 12.1 Å². The molecule has 7 heteroatoms. The van der Waals surface area contributed by atoms with E-state index >= 15 is 0 Å². The van der Waals surface area contributed by atoms with Crippen molar-refractivity contribution in [1.29, 1.82) is 0 Å². The van der Waals surface area contributed by atoms with Crippen molar-refractivity contribution in [2.45, 2.75) is 70.4 Å². The molecule has 3 atom stereocenters. The summed E-state index contributed by atoms with van der Waals surface area (Å²) in [5.74, 6) is 0.419. The Morgan fingerprint density at radius 3 is 2.70 bits per heavy atom. The lowest BCUT2D eigenvalue weighted by Gasteiger charge is -2.45. The highest BCUT2D eigenvalue weighted by molar-refractivity contribution is 5.86. The SMILES string of the molecule is CC1c2c([nH]c3ccc(C(F)(F)F)cc23)C[C@H]2CCN(CCC3(C(=O)O)CCCCC3)CC12. The quantitative estimate of drug-likeness (QED) is 0.568. The Kier molecular flexibility index (Phi) is 5.74. The average Bonchev–Trinajstić information content (AvgIpc) is 3.15. The number of aliphatic carboxylic acids is 1. The second-order valence-electron chi connectivity index (χ2n) is 10.7. The van der Waals surface area contributed by atoms with E-state index in [0.29, 0.717) is 23.6 Å². The number of hydrogen-bond acceptors (Lipinski definition) is 2. The molecular weight excluding hydrogens is 429 g/mol. The number of likely N-dealkylation sites (tertiary alicyclic amines) is 1. The van der Waals surface area contributed by atoms with Crippen LogP contribution in [0.3, 0.4) is 0 Å². The van der Waals surface area contributed by atoms with Gasteiger partial charge in [0.25, 0.3) is 0 Å². The second-order valence-corrected chi connectivity index (χ2v) is 10.7. The molecule has 2 unspecified atom stereocenters. The minimum Gasteiger partial charge on any atom is -0.481 e. The number of carboxylic acids is 1. The number of aromatic amines is 1. The molecule has 2 aliphatic carbocycles. The normalized spacial score (nSPS) is 27.8. The number of carboxylic acid groups (broad SMARTS) is 1. The number of alkyl halides is 3. The third-order valence-corrected chi connectivity index (χ3v) is 8.87. The molecule has 1 saturated heterocycles. The number of benzene rings is 1. The van der Waals surface area contributed by atoms with Crippen molar-refractivity contribution >= 4 is 16.9 Å². The Balaban J connectivity index is 1.35. The van der Waals surface area contributed by atoms with Crippen molar-refractivity contribution in [2.24, 2.45) is 17.3 Å². The number of halogens is 3. The van der Waals surface area contributed by atoms with Gasteiger partial charge in [-0.25, -0.2) is 0 Å². The number of carbonyl (C=O) groups is 1. The first-order chi connectivity index (χ1) is 15.7. The second kappa shape index (κ2) is 8.33. The number of fused-ring (bicyclic) bond motifs is 4. The first kappa shape index (κ1) is 22.8. The third kappa shape index (κ3) is 4.07. The van der Waals surface area contributed by atoms with E-state index in [0.717, 1.165) is 87.4 Å². The summed E-state index contributed by atoms with van der Waals surface area (Å²) in [6, 6.07) is 4.03. The molecule has 2 heterocycles. The molecule has 2 N–H and O–H groups in total. The summed E-state index contributed by atoms with van der Waals surface area (Å²) in [5, 5.41) is 10.6. The minimum absolute atomic E-state index is 0.168. The van der Waals surface area contributed by atoms with Crippen molar-refractivity contribution < 1.29 is 23.1 Å². The van der Waals surface area contributed by atoms with Crippen molar-refractivity contribution in [3.63, 3.8) is 0 Å². The summed E-state index contributed by atoms with van der Waals surface area (Å²) in [4.78, 5) is 17.9. The van der Waals surface area contributed by atoms with Crippen molar-refractivity contribution in [3.05, 3.63) is 35.0 Å². The zero-order valence-corrected chi connectivity index (χ0v) is 19.2. The van der Waals surface area contributed by atoms with Crippen LogP contribution in [0.4, 0.5) is 13.2 Å². The van der Waals surface area contributed by atoms with E-state index in [1.807, 2.05) is 0 Å². The Labute approximate surface area is 192 Å². The summed E-state index contributed by atoms with van der Waals surface area (Å²) in [5.41, 5.74) is 1.76. The van der Waals surface area contributed by atoms with E-state index in [2.05, 4.69) is 16.8 Å². The predicted molar refractivity (Wildman–Crippen MR) is 121 cm³/mol. The van der Waals surface area contributed by atoms with E-state index in [1.54, 1.807) is 6.07 Å². The average molecular weight is 463 g/mol. The van der Waals surface area contributed by atoms with Gasteiger partial charge in [-0.05, 0) is 86.7 Å². The van der Waals surface area contributed by atoms with Crippen LogP contribution in [0.2, 0.25) is 0 Å². The van der Waals surface area contributed by atoms with Gasteiger partial charge in [-0.15, -0.1) is 0 Å². The molecule has 0 spiro atoms. The number of nitrogens with one attached hydrogen (secondary N) is 1. The number of rotatable bonds is 4. The van der Waals surface area contributed by atoms with Crippen molar-refractivity contribution in [3.8, 4) is 0 Å². The number of piperidine rings is 1. The summed E-state index contributed by atoms with van der Waals surface area (Å²) in [7, 11) is 0. The lowest BCUT2D eigenvalue weighted by atomic mass is 9.67. The Morgan fingerprint density at radius 2 is 2.00 bits per heavy atom. The highest BCUT2D eigenvalue weighted by Gasteiger charge is 2.43. The van der Waals surface area contributed by atoms with E-state index in [-0.39, 0.29) is 5.92 Å². The smallest absolute Gasteiger partial charge is 0.416 e. The highest BCUT2D eigenvalue weighted by Crippen LogP contribution is 2.47. The van der Waals surface area contributed by atoms with E-state index in [4.69, 9.17) is 0 Å². The molecule has 1 aliphatic heterocycles. The van der Waals surface area contributed by atoms with Crippen LogP contribution >= 0.6 is 0 Å². The molecule has 1 saturated carbocycles. The molecule has 0 bridgehead atoms. The molecule has 4 nitrogen and oxygen atoms in total. The molecule has 33 heavy (non-hydrogen) atoms.